The molecule has 2 rings (SSSR count). The number of ether oxygens (including phenoxy) is 2. The summed E-state index contributed by atoms with van der Waals surface area (Å²) in [6, 6.07) is 3.58. The predicted octanol–water partition coefficient (Wildman–Crippen LogP) is 1.73. The van der Waals surface area contributed by atoms with Gasteiger partial charge in [-0.3, -0.25) is 14.5 Å². The van der Waals surface area contributed by atoms with Crippen LogP contribution in [0.25, 0.3) is 0 Å². The molecule has 1 aliphatic rings. The smallest absolute Gasteiger partial charge is 0.251 e. The van der Waals surface area contributed by atoms with Crippen LogP contribution in [0.4, 0.5) is 0 Å². The zero-order chi connectivity index (χ0) is 19.8. The summed E-state index contributed by atoms with van der Waals surface area (Å²) in [5.41, 5.74) is 1.39. The molecular weight excluding hydrogens is 346 g/mol. The van der Waals surface area contributed by atoms with Gasteiger partial charge in [0.05, 0.1) is 20.8 Å². The summed E-state index contributed by atoms with van der Waals surface area (Å²) >= 11 is 0. The Morgan fingerprint density at radius 3 is 2.26 bits per heavy atom. The molecule has 1 aromatic carbocycles. The fourth-order valence-electron chi connectivity index (χ4n) is 3.24. The molecule has 0 bridgehead atoms. The molecule has 7 nitrogen and oxygen atoms in total. The molecule has 1 aliphatic heterocycles. The lowest BCUT2D eigenvalue weighted by Gasteiger charge is -2.31. The van der Waals surface area contributed by atoms with E-state index in [1.165, 1.54) is 0 Å². The van der Waals surface area contributed by atoms with E-state index in [4.69, 9.17) is 9.47 Å². The van der Waals surface area contributed by atoms with Crippen LogP contribution in [0.2, 0.25) is 0 Å². The lowest BCUT2D eigenvalue weighted by atomic mass is 10.0. The lowest BCUT2D eigenvalue weighted by molar-refractivity contribution is -0.122. The van der Waals surface area contributed by atoms with Crippen molar-refractivity contribution in [1.29, 1.82) is 0 Å². The number of benzene rings is 1. The minimum absolute atomic E-state index is 0.0678. The SMILES string of the molecule is CCCNC(=O)CN1CCC(NC(=O)c2cc(OC)c(C)c(OC)c2)CC1. The third kappa shape index (κ3) is 5.85. The third-order valence-corrected chi connectivity index (χ3v) is 4.88. The van der Waals surface area contributed by atoms with Crippen molar-refractivity contribution < 1.29 is 19.1 Å². The topological polar surface area (TPSA) is 79.9 Å². The van der Waals surface area contributed by atoms with Crippen molar-refractivity contribution in [2.45, 2.75) is 39.2 Å². The zero-order valence-electron chi connectivity index (χ0n) is 16.8. The molecule has 0 radical (unpaired) electrons. The van der Waals surface area contributed by atoms with E-state index >= 15 is 0 Å². The highest BCUT2D eigenvalue weighted by atomic mass is 16.5. The number of likely N-dealkylation sites (tertiary alicyclic amines) is 1. The van der Waals surface area contributed by atoms with Crippen LogP contribution in [-0.2, 0) is 4.79 Å². The second-order valence-corrected chi connectivity index (χ2v) is 6.88. The quantitative estimate of drug-likeness (QED) is 0.721. The fraction of sp³-hybridized carbons (Fsp3) is 0.600. The molecular formula is C20H31N3O4. The van der Waals surface area contributed by atoms with Gasteiger partial charge in [0, 0.05) is 36.8 Å². The van der Waals surface area contributed by atoms with Crippen molar-refractivity contribution in [2.24, 2.45) is 0 Å². The summed E-state index contributed by atoms with van der Waals surface area (Å²) in [6.07, 6.45) is 2.59. The van der Waals surface area contributed by atoms with E-state index in [1.807, 2.05) is 13.8 Å². The summed E-state index contributed by atoms with van der Waals surface area (Å²) in [5.74, 6) is 1.20. The second kappa shape index (κ2) is 10.2. The number of hydrogen-bond acceptors (Lipinski definition) is 5. The average molecular weight is 377 g/mol. The van der Waals surface area contributed by atoms with Crippen molar-refractivity contribution in [3.05, 3.63) is 23.3 Å². The fourth-order valence-corrected chi connectivity index (χ4v) is 3.24. The number of amides is 2. The third-order valence-electron chi connectivity index (χ3n) is 4.88. The van der Waals surface area contributed by atoms with Gasteiger partial charge in [-0.1, -0.05) is 6.92 Å². The lowest BCUT2D eigenvalue weighted by Crippen LogP contribution is -2.47. The molecule has 0 atom stereocenters. The molecule has 150 valence electrons. The Kier molecular flexibility index (Phi) is 7.91. The highest BCUT2D eigenvalue weighted by Crippen LogP contribution is 2.29. The van der Waals surface area contributed by atoms with Crippen molar-refractivity contribution in [3.63, 3.8) is 0 Å². The molecule has 1 aromatic rings. The average Bonchev–Trinajstić information content (AvgIpc) is 2.68. The summed E-state index contributed by atoms with van der Waals surface area (Å²) < 4.78 is 10.7. The summed E-state index contributed by atoms with van der Waals surface area (Å²) in [6.45, 7) is 6.66. The number of carbonyl (C=O) groups is 2. The minimum atomic E-state index is -0.134. The van der Waals surface area contributed by atoms with Gasteiger partial charge in [-0.15, -0.1) is 0 Å². The highest BCUT2D eigenvalue weighted by molar-refractivity contribution is 5.95. The maximum atomic E-state index is 12.6. The van der Waals surface area contributed by atoms with Gasteiger partial charge in [-0.25, -0.2) is 0 Å². The van der Waals surface area contributed by atoms with Gasteiger partial charge >= 0.3 is 0 Å². The molecule has 0 spiro atoms. The Balaban J connectivity index is 1.88. The monoisotopic (exact) mass is 377 g/mol. The van der Waals surface area contributed by atoms with Gasteiger partial charge in [0.2, 0.25) is 5.91 Å². The molecule has 2 N–H and O–H groups in total. The number of rotatable bonds is 8. The number of carbonyl (C=O) groups excluding carboxylic acids is 2. The largest absolute Gasteiger partial charge is 0.496 e. The van der Waals surface area contributed by atoms with Crippen LogP contribution in [0.15, 0.2) is 12.1 Å². The zero-order valence-corrected chi connectivity index (χ0v) is 16.8. The van der Waals surface area contributed by atoms with Gasteiger partial charge in [-0.05, 0) is 38.3 Å². The molecule has 0 aromatic heterocycles. The normalized spacial score (nSPS) is 15.3. The van der Waals surface area contributed by atoms with Gasteiger partial charge in [0.1, 0.15) is 11.5 Å². The first kappa shape index (κ1) is 21.0. The summed E-state index contributed by atoms with van der Waals surface area (Å²) in [5, 5.41) is 5.98. The Bertz CT molecular complexity index is 630. The van der Waals surface area contributed by atoms with Crippen LogP contribution in [-0.4, -0.2) is 63.2 Å². The predicted molar refractivity (Wildman–Crippen MR) is 105 cm³/mol. The molecule has 2 amide bonds. The van der Waals surface area contributed by atoms with Crippen LogP contribution < -0.4 is 20.1 Å². The molecule has 1 fully saturated rings. The van der Waals surface area contributed by atoms with E-state index in [0.29, 0.717) is 23.6 Å². The summed E-state index contributed by atoms with van der Waals surface area (Å²) in [4.78, 5) is 26.6. The molecule has 0 aliphatic carbocycles. The number of nitrogens with one attached hydrogen (secondary N) is 2. The number of hydrogen-bond donors (Lipinski definition) is 2. The van der Waals surface area contributed by atoms with E-state index < -0.39 is 0 Å². The molecule has 0 saturated carbocycles. The Morgan fingerprint density at radius 2 is 1.74 bits per heavy atom. The van der Waals surface area contributed by atoms with E-state index in [9.17, 15) is 9.59 Å². The highest BCUT2D eigenvalue weighted by Gasteiger charge is 2.23. The van der Waals surface area contributed by atoms with Gasteiger partial charge < -0.3 is 20.1 Å². The minimum Gasteiger partial charge on any atom is -0.496 e. The molecule has 7 heteroatoms. The first-order valence-electron chi connectivity index (χ1n) is 9.51. The Labute approximate surface area is 161 Å². The summed E-state index contributed by atoms with van der Waals surface area (Å²) in [7, 11) is 3.16. The van der Waals surface area contributed by atoms with Crippen LogP contribution in [0.3, 0.4) is 0 Å². The van der Waals surface area contributed by atoms with Crippen molar-refractivity contribution in [3.8, 4) is 11.5 Å². The van der Waals surface area contributed by atoms with Crippen molar-refractivity contribution in [2.75, 3.05) is 40.4 Å². The molecule has 0 unspecified atom stereocenters. The Morgan fingerprint density at radius 1 is 1.15 bits per heavy atom. The van der Waals surface area contributed by atoms with E-state index in [0.717, 1.165) is 44.5 Å². The van der Waals surface area contributed by atoms with Crippen molar-refractivity contribution >= 4 is 11.8 Å². The number of piperidine rings is 1. The Hall–Kier alpha value is -2.28. The van der Waals surface area contributed by atoms with Crippen molar-refractivity contribution in [1.82, 2.24) is 15.5 Å². The van der Waals surface area contributed by atoms with Crippen LogP contribution in [0, 0.1) is 6.92 Å². The molecule has 1 heterocycles. The van der Waals surface area contributed by atoms with Crippen LogP contribution >= 0.6 is 0 Å². The number of methoxy groups -OCH3 is 2. The maximum absolute atomic E-state index is 12.6. The van der Waals surface area contributed by atoms with E-state index in [-0.39, 0.29) is 17.9 Å². The number of nitrogens with zero attached hydrogens (tertiary/aromatic N) is 1. The second-order valence-electron chi connectivity index (χ2n) is 6.88. The van der Waals surface area contributed by atoms with Gasteiger partial charge in [0.25, 0.3) is 5.91 Å². The van der Waals surface area contributed by atoms with Crippen LogP contribution in [0.5, 0.6) is 11.5 Å². The molecule has 27 heavy (non-hydrogen) atoms. The first-order valence-corrected chi connectivity index (χ1v) is 9.51. The molecule has 1 saturated heterocycles. The maximum Gasteiger partial charge on any atom is 0.251 e. The van der Waals surface area contributed by atoms with E-state index in [1.54, 1.807) is 26.4 Å². The standard InChI is InChI=1S/C20H31N3O4/c1-5-8-21-19(24)13-23-9-6-16(7-10-23)22-20(25)15-11-17(26-3)14(2)18(12-15)27-4/h11-12,16H,5-10,13H2,1-4H3,(H,21,24)(H,22,25). The first-order chi connectivity index (χ1) is 13.0. The van der Waals surface area contributed by atoms with Gasteiger partial charge in [-0.2, -0.15) is 0 Å². The van der Waals surface area contributed by atoms with Gasteiger partial charge in [0.15, 0.2) is 0 Å². The van der Waals surface area contributed by atoms with Crippen LogP contribution in [0.1, 0.15) is 42.1 Å². The van der Waals surface area contributed by atoms with E-state index in [2.05, 4.69) is 15.5 Å².